The van der Waals surface area contributed by atoms with E-state index in [2.05, 4.69) is 10.4 Å². The molecule has 1 amide bonds. The van der Waals surface area contributed by atoms with E-state index in [9.17, 15) is 4.79 Å². The number of nitrogens with zero attached hydrogens (tertiary/aromatic N) is 2. The number of anilines is 1. The molecule has 1 aromatic carbocycles. The van der Waals surface area contributed by atoms with E-state index in [-0.39, 0.29) is 12.0 Å². The van der Waals surface area contributed by atoms with Gasteiger partial charge in [-0.05, 0) is 43.9 Å². The molecule has 1 saturated heterocycles. The van der Waals surface area contributed by atoms with Crippen molar-refractivity contribution < 1.29 is 14.3 Å². The van der Waals surface area contributed by atoms with Gasteiger partial charge in [0.1, 0.15) is 11.6 Å². The number of methoxy groups -OCH3 is 1. The van der Waals surface area contributed by atoms with Gasteiger partial charge in [0.25, 0.3) is 0 Å². The van der Waals surface area contributed by atoms with Crippen LogP contribution < -0.4 is 10.1 Å². The molecule has 0 aliphatic carbocycles. The van der Waals surface area contributed by atoms with E-state index < -0.39 is 0 Å². The fourth-order valence-electron chi connectivity index (χ4n) is 3.04. The number of hydrogen-bond acceptors (Lipinski definition) is 4. The summed E-state index contributed by atoms with van der Waals surface area (Å²) in [5, 5.41) is 7.47. The van der Waals surface area contributed by atoms with Gasteiger partial charge in [-0.1, -0.05) is 12.1 Å². The summed E-state index contributed by atoms with van der Waals surface area (Å²) in [6.45, 7) is 3.27. The Bertz CT molecular complexity index is 703. The van der Waals surface area contributed by atoms with Crippen LogP contribution in [0.5, 0.6) is 5.75 Å². The maximum absolute atomic E-state index is 12.3. The molecule has 2 heterocycles. The fraction of sp³-hybridized carbons (Fsp3) is 0.474. The van der Waals surface area contributed by atoms with Crippen LogP contribution in [-0.2, 0) is 16.1 Å². The van der Waals surface area contributed by atoms with Crippen LogP contribution in [0.3, 0.4) is 0 Å². The Morgan fingerprint density at radius 1 is 1.36 bits per heavy atom. The maximum Gasteiger partial charge on any atom is 0.228 e. The monoisotopic (exact) mass is 343 g/mol. The Morgan fingerprint density at radius 2 is 2.16 bits per heavy atom. The third kappa shape index (κ3) is 4.82. The molecule has 0 radical (unpaired) electrons. The van der Waals surface area contributed by atoms with Gasteiger partial charge in [0.15, 0.2) is 0 Å². The van der Waals surface area contributed by atoms with Gasteiger partial charge in [-0.15, -0.1) is 0 Å². The maximum atomic E-state index is 12.3. The SMILES string of the molecule is COc1ccc(Cn2nc(C)cc2NC(=O)C[C@@H]2CCCCO2)cc1. The fourth-order valence-corrected chi connectivity index (χ4v) is 3.04. The van der Waals surface area contributed by atoms with Crippen molar-refractivity contribution in [3.8, 4) is 5.75 Å². The number of amides is 1. The second kappa shape index (κ2) is 8.16. The molecule has 3 rings (SSSR count). The molecule has 1 aromatic heterocycles. The van der Waals surface area contributed by atoms with Crippen LogP contribution >= 0.6 is 0 Å². The van der Waals surface area contributed by atoms with E-state index in [0.717, 1.165) is 42.9 Å². The van der Waals surface area contributed by atoms with Gasteiger partial charge in [-0.3, -0.25) is 4.79 Å². The lowest BCUT2D eigenvalue weighted by atomic mass is 10.1. The van der Waals surface area contributed by atoms with E-state index in [4.69, 9.17) is 9.47 Å². The third-order valence-electron chi connectivity index (χ3n) is 4.35. The molecule has 1 aliphatic heterocycles. The Balaban J connectivity index is 1.64. The molecule has 0 bridgehead atoms. The second-order valence-electron chi connectivity index (χ2n) is 6.42. The average Bonchev–Trinajstić information content (AvgIpc) is 2.95. The highest BCUT2D eigenvalue weighted by Gasteiger charge is 2.19. The summed E-state index contributed by atoms with van der Waals surface area (Å²) in [6, 6.07) is 9.73. The minimum Gasteiger partial charge on any atom is -0.497 e. The summed E-state index contributed by atoms with van der Waals surface area (Å²) in [5.74, 6) is 1.51. The Hall–Kier alpha value is -2.34. The summed E-state index contributed by atoms with van der Waals surface area (Å²) in [6.07, 6.45) is 3.61. The van der Waals surface area contributed by atoms with Gasteiger partial charge in [0.2, 0.25) is 5.91 Å². The van der Waals surface area contributed by atoms with Gasteiger partial charge in [0.05, 0.1) is 31.9 Å². The van der Waals surface area contributed by atoms with Gasteiger partial charge >= 0.3 is 0 Å². The molecule has 1 aliphatic rings. The van der Waals surface area contributed by atoms with Crippen LogP contribution in [-0.4, -0.2) is 35.5 Å². The van der Waals surface area contributed by atoms with Crippen LogP contribution in [0.4, 0.5) is 5.82 Å². The molecular weight excluding hydrogens is 318 g/mol. The lowest BCUT2D eigenvalue weighted by Crippen LogP contribution is -2.26. The van der Waals surface area contributed by atoms with Crippen LogP contribution in [0.2, 0.25) is 0 Å². The zero-order valence-corrected chi connectivity index (χ0v) is 14.8. The van der Waals surface area contributed by atoms with Crippen molar-refractivity contribution in [1.29, 1.82) is 0 Å². The smallest absolute Gasteiger partial charge is 0.228 e. The minimum absolute atomic E-state index is 0.0252. The number of aromatic nitrogens is 2. The van der Waals surface area contributed by atoms with Crippen molar-refractivity contribution >= 4 is 11.7 Å². The van der Waals surface area contributed by atoms with Crippen molar-refractivity contribution in [1.82, 2.24) is 9.78 Å². The number of aryl methyl sites for hydroxylation is 1. The third-order valence-corrected chi connectivity index (χ3v) is 4.35. The van der Waals surface area contributed by atoms with Crippen LogP contribution in [0.25, 0.3) is 0 Å². The Morgan fingerprint density at radius 3 is 2.84 bits per heavy atom. The summed E-state index contributed by atoms with van der Waals surface area (Å²) < 4.78 is 12.6. The molecular formula is C19H25N3O3. The molecule has 25 heavy (non-hydrogen) atoms. The van der Waals surface area contributed by atoms with E-state index in [1.807, 2.05) is 41.9 Å². The number of ether oxygens (including phenoxy) is 2. The normalized spacial score (nSPS) is 17.3. The molecule has 6 heteroatoms. The molecule has 1 atom stereocenters. The van der Waals surface area contributed by atoms with Gasteiger partial charge in [-0.25, -0.2) is 4.68 Å². The number of rotatable bonds is 6. The largest absolute Gasteiger partial charge is 0.497 e. The standard InChI is InChI=1S/C19H25N3O3/c1-14-11-18(20-19(23)12-17-5-3-4-10-25-17)22(21-14)13-15-6-8-16(24-2)9-7-15/h6-9,11,17H,3-5,10,12-13H2,1-2H3,(H,20,23)/t17-/m0/s1. The van der Waals surface area contributed by atoms with Gasteiger partial charge in [0, 0.05) is 12.7 Å². The first-order valence-electron chi connectivity index (χ1n) is 8.73. The van der Waals surface area contributed by atoms with Gasteiger partial charge < -0.3 is 14.8 Å². The van der Waals surface area contributed by atoms with E-state index in [0.29, 0.717) is 18.8 Å². The molecule has 0 saturated carbocycles. The molecule has 0 spiro atoms. The number of benzene rings is 1. The molecule has 0 unspecified atom stereocenters. The van der Waals surface area contributed by atoms with Crippen molar-refractivity contribution in [2.45, 2.75) is 45.3 Å². The van der Waals surface area contributed by atoms with Crippen molar-refractivity contribution in [2.75, 3.05) is 19.0 Å². The van der Waals surface area contributed by atoms with Crippen LogP contribution in [0, 0.1) is 6.92 Å². The van der Waals surface area contributed by atoms with E-state index >= 15 is 0 Å². The lowest BCUT2D eigenvalue weighted by molar-refractivity contribution is -0.119. The highest BCUT2D eigenvalue weighted by atomic mass is 16.5. The first-order valence-corrected chi connectivity index (χ1v) is 8.73. The Labute approximate surface area is 148 Å². The first kappa shape index (κ1) is 17.5. The molecule has 134 valence electrons. The first-order chi connectivity index (χ1) is 12.1. The highest BCUT2D eigenvalue weighted by Crippen LogP contribution is 2.19. The average molecular weight is 343 g/mol. The molecule has 6 nitrogen and oxygen atoms in total. The van der Waals surface area contributed by atoms with Crippen LogP contribution in [0.1, 0.15) is 36.9 Å². The molecule has 2 aromatic rings. The molecule has 1 fully saturated rings. The highest BCUT2D eigenvalue weighted by molar-refractivity contribution is 5.90. The van der Waals surface area contributed by atoms with E-state index in [1.165, 1.54) is 0 Å². The lowest BCUT2D eigenvalue weighted by Gasteiger charge is -2.22. The minimum atomic E-state index is -0.0252. The van der Waals surface area contributed by atoms with Crippen molar-refractivity contribution in [3.05, 3.63) is 41.6 Å². The van der Waals surface area contributed by atoms with Gasteiger partial charge in [-0.2, -0.15) is 5.10 Å². The number of carbonyl (C=O) groups is 1. The number of nitrogens with one attached hydrogen (secondary N) is 1. The summed E-state index contributed by atoms with van der Waals surface area (Å²) in [5.41, 5.74) is 1.97. The topological polar surface area (TPSA) is 65.4 Å². The van der Waals surface area contributed by atoms with Crippen molar-refractivity contribution in [2.24, 2.45) is 0 Å². The quantitative estimate of drug-likeness (QED) is 0.875. The van der Waals surface area contributed by atoms with Crippen LogP contribution in [0.15, 0.2) is 30.3 Å². The summed E-state index contributed by atoms with van der Waals surface area (Å²) in [7, 11) is 1.65. The number of carbonyl (C=O) groups excluding carboxylic acids is 1. The number of hydrogen-bond donors (Lipinski definition) is 1. The predicted molar refractivity (Wildman–Crippen MR) is 95.9 cm³/mol. The summed E-state index contributed by atoms with van der Waals surface area (Å²) in [4.78, 5) is 12.3. The predicted octanol–water partition coefficient (Wildman–Crippen LogP) is 3.15. The van der Waals surface area contributed by atoms with E-state index in [1.54, 1.807) is 7.11 Å². The molecule has 1 N–H and O–H groups in total. The Kier molecular flexibility index (Phi) is 5.71. The summed E-state index contributed by atoms with van der Waals surface area (Å²) >= 11 is 0. The zero-order valence-electron chi connectivity index (χ0n) is 14.8. The zero-order chi connectivity index (χ0) is 17.6. The second-order valence-corrected chi connectivity index (χ2v) is 6.42. The van der Waals surface area contributed by atoms with Crippen molar-refractivity contribution in [3.63, 3.8) is 0 Å².